The Bertz CT molecular complexity index is 600. The Labute approximate surface area is 141 Å². The van der Waals surface area contributed by atoms with E-state index in [-0.39, 0.29) is 17.7 Å². The van der Waals surface area contributed by atoms with Crippen molar-refractivity contribution in [1.82, 2.24) is 4.90 Å². The van der Waals surface area contributed by atoms with Crippen molar-refractivity contribution in [3.8, 4) is 0 Å². The highest BCUT2D eigenvalue weighted by Crippen LogP contribution is 2.36. The van der Waals surface area contributed by atoms with Gasteiger partial charge in [0.15, 0.2) is 0 Å². The van der Waals surface area contributed by atoms with Gasteiger partial charge in [0.05, 0.1) is 0 Å². The Morgan fingerprint density at radius 1 is 1.33 bits per heavy atom. The van der Waals surface area contributed by atoms with Crippen LogP contribution in [0.25, 0.3) is 0 Å². The van der Waals surface area contributed by atoms with Gasteiger partial charge >= 0.3 is 5.97 Å². The number of hydrogen-bond acceptors (Lipinski definition) is 3. The van der Waals surface area contributed by atoms with Gasteiger partial charge in [0.25, 0.3) is 0 Å². The second-order valence-electron chi connectivity index (χ2n) is 7.16. The number of halogens is 1. The summed E-state index contributed by atoms with van der Waals surface area (Å²) >= 11 is 0. The maximum absolute atomic E-state index is 13.5. The van der Waals surface area contributed by atoms with Crippen LogP contribution in [0.4, 0.5) is 4.39 Å². The Balaban J connectivity index is 1.75. The van der Waals surface area contributed by atoms with Crippen molar-refractivity contribution < 1.29 is 19.1 Å². The van der Waals surface area contributed by atoms with Gasteiger partial charge in [-0.15, -0.1) is 0 Å². The van der Waals surface area contributed by atoms with Gasteiger partial charge in [-0.3, -0.25) is 9.69 Å². The van der Waals surface area contributed by atoms with E-state index in [1.54, 1.807) is 6.07 Å². The average Bonchev–Trinajstić information content (AvgIpc) is 3.21. The minimum Gasteiger partial charge on any atom is -0.480 e. The summed E-state index contributed by atoms with van der Waals surface area (Å²) in [6.45, 7) is 0.935. The molecule has 0 unspecified atom stereocenters. The molecule has 130 valence electrons. The molecule has 1 aliphatic heterocycles. The number of hydrogen-bond donors (Lipinski definition) is 1. The van der Waals surface area contributed by atoms with Crippen LogP contribution in [0.1, 0.15) is 43.6 Å². The lowest BCUT2D eigenvalue weighted by Crippen LogP contribution is -2.41. The minimum atomic E-state index is -0.813. The van der Waals surface area contributed by atoms with Crippen LogP contribution in [0.15, 0.2) is 24.3 Å². The van der Waals surface area contributed by atoms with Crippen molar-refractivity contribution in [1.29, 1.82) is 0 Å². The van der Waals surface area contributed by atoms with Gasteiger partial charge in [-0.1, -0.05) is 37.8 Å². The van der Waals surface area contributed by atoms with E-state index >= 15 is 0 Å². The van der Waals surface area contributed by atoms with Crippen LogP contribution in [0.2, 0.25) is 0 Å². The summed E-state index contributed by atoms with van der Waals surface area (Å²) in [4.78, 5) is 25.2. The van der Waals surface area contributed by atoms with E-state index in [0.717, 1.165) is 24.7 Å². The molecule has 1 heterocycles. The van der Waals surface area contributed by atoms with Crippen LogP contribution < -0.4 is 0 Å². The fourth-order valence-electron chi connectivity index (χ4n) is 4.31. The first-order valence-electron chi connectivity index (χ1n) is 8.76. The first-order valence-corrected chi connectivity index (χ1v) is 8.76. The van der Waals surface area contributed by atoms with E-state index in [1.807, 2.05) is 11.0 Å². The molecule has 1 saturated heterocycles. The number of benzene rings is 1. The maximum Gasteiger partial charge on any atom is 0.320 e. The molecule has 3 rings (SSSR count). The Morgan fingerprint density at radius 2 is 2.08 bits per heavy atom. The number of carboxylic acids is 1. The zero-order valence-corrected chi connectivity index (χ0v) is 13.7. The largest absolute Gasteiger partial charge is 0.480 e. The summed E-state index contributed by atoms with van der Waals surface area (Å²) in [5.74, 6) is -1.09. The Kier molecular flexibility index (Phi) is 5.29. The third-order valence-electron chi connectivity index (χ3n) is 5.60. The van der Waals surface area contributed by atoms with Gasteiger partial charge in [0.1, 0.15) is 18.1 Å². The summed E-state index contributed by atoms with van der Waals surface area (Å²) in [5.41, 5.74) is 0.777. The van der Waals surface area contributed by atoms with Crippen LogP contribution in [-0.2, 0) is 9.59 Å². The molecular weight excluding hydrogens is 309 g/mol. The van der Waals surface area contributed by atoms with E-state index in [1.165, 1.54) is 25.0 Å². The minimum absolute atomic E-state index is 0.136. The quantitative estimate of drug-likeness (QED) is 0.813. The van der Waals surface area contributed by atoms with Crippen LogP contribution in [0.3, 0.4) is 0 Å². The summed E-state index contributed by atoms with van der Waals surface area (Å²) in [5, 5.41) is 9.66. The number of aldehydes is 1. The van der Waals surface area contributed by atoms with E-state index in [0.29, 0.717) is 25.4 Å². The van der Waals surface area contributed by atoms with Crippen molar-refractivity contribution >= 4 is 12.3 Å². The van der Waals surface area contributed by atoms with Crippen LogP contribution >= 0.6 is 0 Å². The zero-order valence-electron chi connectivity index (χ0n) is 13.7. The lowest BCUT2D eigenvalue weighted by Gasteiger charge is -2.26. The number of carboxylic acid groups (broad SMARTS) is 1. The van der Waals surface area contributed by atoms with Crippen molar-refractivity contribution in [2.24, 2.45) is 11.8 Å². The second-order valence-corrected chi connectivity index (χ2v) is 7.16. The monoisotopic (exact) mass is 333 g/mol. The van der Waals surface area contributed by atoms with E-state index in [9.17, 15) is 19.1 Å². The normalized spacial score (nSPS) is 26.5. The lowest BCUT2D eigenvalue weighted by atomic mass is 9.90. The van der Waals surface area contributed by atoms with Crippen molar-refractivity contribution in [3.05, 3.63) is 35.6 Å². The fraction of sp³-hybridized carbons (Fsp3) is 0.579. The molecule has 0 amide bonds. The number of aliphatic carboxylic acids is 1. The zero-order chi connectivity index (χ0) is 17.1. The molecular formula is C19H24FNO3. The van der Waals surface area contributed by atoms with Crippen LogP contribution in [0.5, 0.6) is 0 Å². The highest BCUT2D eigenvalue weighted by Gasteiger charge is 2.40. The Hall–Kier alpha value is -1.75. The molecule has 24 heavy (non-hydrogen) atoms. The molecule has 2 aliphatic rings. The van der Waals surface area contributed by atoms with E-state index in [4.69, 9.17) is 0 Å². The fourth-order valence-corrected chi connectivity index (χ4v) is 4.31. The van der Waals surface area contributed by atoms with Gasteiger partial charge < -0.3 is 9.90 Å². The Morgan fingerprint density at radius 3 is 2.71 bits per heavy atom. The van der Waals surface area contributed by atoms with Crippen LogP contribution in [0, 0.1) is 17.7 Å². The van der Waals surface area contributed by atoms with Gasteiger partial charge in [-0.2, -0.15) is 0 Å². The van der Waals surface area contributed by atoms with Crippen molar-refractivity contribution in [3.63, 3.8) is 0 Å². The van der Waals surface area contributed by atoms with Gasteiger partial charge in [-0.25, -0.2) is 4.39 Å². The predicted molar refractivity (Wildman–Crippen MR) is 88.3 cm³/mol. The molecule has 1 aromatic rings. The number of carbonyl (C=O) groups excluding carboxylic acids is 1. The number of likely N-dealkylation sites (tertiary alicyclic amines) is 1. The molecule has 2 fully saturated rings. The molecule has 4 nitrogen and oxygen atoms in total. The predicted octanol–water partition coefficient (Wildman–Crippen LogP) is 3.07. The summed E-state index contributed by atoms with van der Waals surface area (Å²) in [6.07, 6.45) is 6.10. The number of nitrogens with zero attached hydrogens (tertiary/aromatic N) is 1. The number of rotatable bonds is 6. The second kappa shape index (κ2) is 7.43. The van der Waals surface area contributed by atoms with Crippen LogP contribution in [-0.4, -0.2) is 41.4 Å². The molecule has 3 atom stereocenters. The third kappa shape index (κ3) is 3.66. The van der Waals surface area contributed by atoms with E-state index < -0.39 is 12.0 Å². The van der Waals surface area contributed by atoms with Gasteiger partial charge in [0, 0.05) is 24.9 Å². The summed E-state index contributed by atoms with van der Waals surface area (Å²) < 4.78 is 13.5. The highest BCUT2D eigenvalue weighted by atomic mass is 19.1. The SMILES string of the molecule is O=C[C@H]1CN([C@H](CC2CCCC2)C(=O)O)C[C@@H]1c1cccc(F)c1. The standard InChI is InChI=1S/C19H24FNO3/c20-16-7-3-6-14(9-16)17-11-21(10-15(17)12-22)18(19(23)24)8-13-4-1-2-5-13/h3,6-7,9,12-13,15,17-18H,1-2,4-5,8,10-11H2,(H,23,24)/t15-,17-,18-/m1/s1. The maximum atomic E-state index is 13.5. The summed E-state index contributed by atoms with van der Waals surface area (Å²) in [6, 6.07) is 5.75. The third-order valence-corrected chi connectivity index (χ3v) is 5.60. The molecule has 1 saturated carbocycles. The average molecular weight is 333 g/mol. The molecule has 1 aliphatic carbocycles. The number of carbonyl (C=O) groups is 2. The first-order chi connectivity index (χ1) is 11.6. The van der Waals surface area contributed by atoms with E-state index in [2.05, 4.69) is 0 Å². The van der Waals surface area contributed by atoms with Gasteiger partial charge in [0.2, 0.25) is 0 Å². The molecule has 0 bridgehead atoms. The van der Waals surface area contributed by atoms with Crippen molar-refractivity contribution in [2.45, 2.75) is 44.1 Å². The molecule has 1 aromatic carbocycles. The topological polar surface area (TPSA) is 57.6 Å². The first kappa shape index (κ1) is 17.1. The van der Waals surface area contributed by atoms with Gasteiger partial charge in [-0.05, 0) is 30.0 Å². The smallest absolute Gasteiger partial charge is 0.320 e. The molecule has 0 aromatic heterocycles. The lowest BCUT2D eigenvalue weighted by molar-refractivity contribution is -0.143. The molecule has 0 radical (unpaired) electrons. The summed E-state index contributed by atoms with van der Waals surface area (Å²) in [7, 11) is 0. The molecule has 5 heteroatoms. The highest BCUT2D eigenvalue weighted by molar-refractivity contribution is 5.73. The molecule has 0 spiro atoms. The van der Waals surface area contributed by atoms with Crippen molar-refractivity contribution in [2.75, 3.05) is 13.1 Å². The molecule has 1 N–H and O–H groups in total.